The average molecular weight is 273 g/mol. The lowest BCUT2D eigenvalue weighted by Crippen LogP contribution is -2.47. The summed E-state index contributed by atoms with van der Waals surface area (Å²) in [5.74, 6) is -3.92. The molecule has 0 spiro atoms. The third-order valence-corrected chi connectivity index (χ3v) is 4.34. The highest BCUT2D eigenvalue weighted by molar-refractivity contribution is 7.99. The molecule has 2 saturated heterocycles. The lowest BCUT2D eigenvalue weighted by Gasteiger charge is -2.22. The summed E-state index contributed by atoms with van der Waals surface area (Å²) in [4.78, 5) is 46.2. The first kappa shape index (κ1) is 12.9. The molecule has 3 atom stereocenters. The second kappa shape index (κ2) is 4.60. The molecule has 0 aromatic carbocycles. The van der Waals surface area contributed by atoms with Gasteiger partial charge in [-0.1, -0.05) is 0 Å². The molecule has 0 bridgehead atoms. The van der Waals surface area contributed by atoms with E-state index in [0.29, 0.717) is 16.4 Å². The number of rotatable bonds is 4. The van der Waals surface area contributed by atoms with Gasteiger partial charge in [-0.25, -0.2) is 4.79 Å². The van der Waals surface area contributed by atoms with Gasteiger partial charge in [-0.3, -0.25) is 19.3 Å². The van der Waals surface area contributed by atoms with Crippen molar-refractivity contribution in [3.05, 3.63) is 0 Å². The molecular weight excluding hydrogens is 262 g/mol. The van der Waals surface area contributed by atoms with Crippen LogP contribution in [0.4, 0.5) is 0 Å². The fraction of sp³-hybridized carbons (Fsp3) is 0.600. The number of imide groups is 1. The van der Waals surface area contributed by atoms with Crippen LogP contribution in [0.3, 0.4) is 0 Å². The fourth-order valence-electron chi connectivity index (χ4n) is 2.27. The highest BCUT2D eigenvalue weighted by Crippen LogP contribution is 2.39. The Balaban J connectivity index is 2.26. The second-order valence-corrected chi connectivity index (χ2v) is 5.32. The Bertz CT molecular complexity index is 414. The normalized spacial score (nSPS) is 28.3. The van der Waals surface area contributed by atoms with Crippen molar-refractivity contribution in [2.45, 2.75) is 12.5 Å². The van der Waals surface area contributed by atoms with Gasteiger partial charge in [0.15, 0.2) is 0 Å². The zero-order valence-electron chi connectivity index (χ0n) is 9.24. The van der Waals surface area contributed by atoms with Crippen LogP contribution in [0.5, 0.6) is 0 Å². The first-order valence-electron chi connectivity index (χ1n) is 5.32. The van der Waals surface area contributed by atoms with Crippen molar-refractivity contribution >= 4 is 35.5 Å². The van der Waals surface area contributed by atoms with Crippen molar-refractivity contribution in [3.63, 3.8) is 0 Å². The molecule has 18 heavy (non-hydrogen) atoms. The first-order chi connectivity index (χ1) is 8.43. The van der Waals surface area contributed by atoms with Gasteiger partial charge in [0.1, 0.15) is 6.04 Å². The lowest BCUT2D eigenvalue weighted by molar-refractivity contribution is -0.158. The van der Waals surface area contributed by atoms with Gasteiger partial charge in [0.05, 0.1) is 18.3 Å². The van der Waals surface area contributed by atoms with Gasteiger partial charge >= 0.3 is 11.9 Å². The summed E-state index contributed by atoms with van der Waals surface area (Å²) in [6, 6.07) is -1.60. The largest absolute Gasteiger partial charge is 0.481 e. The number of likely N-dealkylation sites (tertiary alicyclic amines) is 1. The van der Waals surface area contributed by atoms with Crippen molar-refractivity contribution in [2.75, 3.05) is 11.5 Å². The molecule has 0 saturated carbocycles. The minimum absolute atomic E-state index is 0.488. The van der Waals surface area contributed by atoms with Crippen LogP contribution in [-0.2, 0) is 19.2 Å². The number of fused-ring (bicyclic) bond motifs is 1. The molecule has 2 heterocycles. The Labute approximate surface area is 106 Å². The minimum atomic E-state index is -1.60. The van der Waals surface area contributed by atoms with E-state index in [2.05, 4.69) is 0 Å². The van der Waals surface area contributed by atoms with Gasteiger partial charge in [-0.15, -0.1) is 0 Å². The molecule has 2 fully saturated rings. The van der Waals surface area contributed by atoms with E-state index < -0.39 is 48.1 Å². The third-order valence-electron chi connectivity index (χ3n) is 3.15. The van der Waals surface area contributed by atoms with Gasteiger partial charge in [-0.05, 0) is 0 Å². The molecule has 8 heteroatoms. The van der Waals surface area contributed by atoms with Crippen molar-refractivity contribution in [3.8, 4) is 0 Å². The molecule has 2 unspecified atom stereocenters. The number of carboxylic acid groups (broad SMARTS) is 2. The summed E-state index contributed by atoms with van der Waals surface area (Å²) < 4.78 is 0. The fourth-order valence-corrected chi connectivity index (χ4v) is 3.66. The molecule has 0 radical (unpaired) electrons. The van der Waals surface area contributed by atoms with Gasteiger partial charge < -0.3 is 10.2 Å². The van der Waals surface area contributed by atoms with Gasteiger partial charge in [0.2, 0.25) is 11.8 Å². The zero-order valence-corrected chi connectivity index (χ0v) is 10.1. The predicted molar refractivity (Wildman–Crippen MR) is 59.8 cm³/mol. The van der Waals surface area contributed by atoms with Crippen LogP contribution in [0, 0.1) is 11.8 Å². The van der Waals surface area contributed by atoms with E-state index in [1.807, 2.05) is 0 Å². The monoisotopic (exact) mass is 273 g/mol. The maximum Gasteiger partial charge on any atom is 0.327 e. The number of amides is 2. The summed E-state index contributed by atoms with van der Waals surface area (Å²) in [5, 5.41) is 17.6. The van der Waals surface area contributed by atoms with Gasteiger partial charge in [0.25, 0.3) is 0 Å². The van der Waals surface area contributed by atoms with Crippen LogP contribution in [0.1, 0.15) is 6.42 Å². The molecule has 2 aliphatic rings. The third kappa shape index (κ3) is 1.96. The van der Waals surface area contributed by atoms with Crippen molar-refractivity contribution in [2.24, 2.45) is 11.8 Å². The SMILES string of the molecule is O=C(O)C[C@@H](C(=O)O)N1C(=O)C2CSCC2C1=O. The van der Waals surface area contributed by atoms with Crippen LogP contribution < -0.4 is 0 Å². The number of hydrogen-bond acceptors (Lipinski definition) is 5. The standard InChI is InChI=1S/C10H11NO6S/c12-7(13)1-6(10(16)17)11-8(14)4-2-18-3-5(4)9(11)15/h4-6H,1-3H2,(H,12,13)(H,16,17)/t4?,5?,6-/m0/s1. The number of hydrogen-bond donors (Lipinski definition) is 2. The second-order valence-electron chi connectivity index (χ2n) is 4.25. The number of nitrogens with zero attached hydrogens (tertiary/aromatic N) is 1. The van der Waals surface area contributed by atoms with E-state index in [4.69, 9.17) is 10.2 Å². The highest BCUT2D eigenvalue weighted by Gasteiger charge is 2.53. The van der Waals surface area contributed by atoms with Crippen LogP contribution in [-0.4, -0.2) is 56.4 Å². The van der Waals surface area contributed by atoms with E-state index in [-0.39, 0.29) is 0 Å². The van der Waals surface area contributed by atoms with E-state index in [9.17, 15) is 19.2 Å². The maximum atomic E-state index is 12.0. The van der Waals surface area contributed by atoms with Gasteiger partial charge in [0, 0.05) is 11.5 Å². The Morgan fingerprint density at radius 2 is 1.72 bits per heavy atom. The summed E-state index contributed by atoms with van der Waals surface area (Å²) in [7, 11) is 0. The molecule has 0 aromatic heterocycles. The topological polar surface area (TPSA) is 112 Å². The van der Waals surface area contributed by atoms with Crippen LogP contribution in [0.25, 0.3) is 0 Å². The summed E-state index contributed by atoms with van der Waals surface area (Å²) >= 11 is 1.48. The minimum Gasteiger partial charge on any atom is -0.481 e. The van der Waals surface area contributed by atoms with Crippen molar-refractivity contribution in [1.82, 2.24) is 4.90 Å². The summed E-state index contributed by atoms with van der Waals surface area (Å²) in [5.41, 5.74) is 0. The maximum absolute atomic E-state index is 12.0. The van der Waals surface area contributed by atoms with Crippen molar-refractivity contribution in [1.29, 1.82) is 0 Å². The predicted octanol–water partition coefficient (Wildman–Crippen LogP) is -0.738. The van der Waals surface area contributed by atoms with E-state index in [1.165, 1.54) is 11.8 Å². The molecule has 98 valence electrons. The Morgan fingerprint density at radius 1 is 1.22 bits per heavy atom. The number of aliphatic carboxylic acids is 2. The number of carboxylic acids is 2. The lowest BCUT2D eigenvalue weighted by atomic mass is 10.00. The Kier molecular flexibility index (Phi) is 3.29. The number of carbonyl (C=O) groups excluding carboxylic acids is 2. The Hall–Kier alpha value is -1.57. The molecule has 2 amide bonds. The van der Waals surface area contributed by atoms with Crippen LogP contribution in [0.2, 0.25) is 0 Å². The Morgan fingerprint density at radius 3 is 2.11 bits per heavy atom. The zero-order chi connectivity index (χ0) is 13.4. The molecular formula is C10H11NO6S. The molecule has 0 aliphatic carbocycles. The molecule has 2 rings (SSSR count). The highest BCUT2D eigenvalue weighted by atomic mass is 32.2. The van der Waals surface area contributed by atoms with E-state index >= 15 is 0 Å². The molecule has 2 aliphatic heterocycles. The first-order valence-corrected chi connectivity index (χ1v) is 6.48. The molecule has 2 N–H and O–H groups in total. The van der Waals surface area contributed by atoms with Crippen molar-refractivity contribution < 1.29 is 29.4 Å². The molecule has 0 aromatic rings. The quantitative estimate of drug-likeness (QED) is 0.649. The summed E-state index contributed by atoms with van der Waals surface area (Å²) in [6.07, 6.45) is -0.764. The number of carbonyl (C=O) groups is 4. The summed E-state index contributed by atoms with van der Waals surface area (Å²) in [6.45, 7) is 0. The van der Waals surface area contributed by atoms with E-state index in [0.717, 1.165) is 0 Å². The van der Waals surface area contributed by atoms with Crippen LogP contribution >= 0.6 is 11.8 Å². The molecule has 7 nitrogen and oxygen atoms in total. The van der Waals surface area contributed by atoms with E-state index in [1.54, 1.807) is 0 Å². The number of thioether (sulfide) groups is 1. The smallest absolute Gasteiger partial charge is 0.327 e. The van der Waals surface area contributed by atoms with Crippen LogP contribution in [0.15, 0.2) is 0 Å². The average Bonchev–Trinajstić information content (AvgIpc) is 2.82. The van der Waals surface area contributed by atoms with Gasteiger partial charge in [-0.2, -0.15) is 11.8 Å².